The van der Waals surface area contributed by atoms with Crippen LogP contribution in [0.1, 0.15) is 38.2 Å². The number of rotatable bonds is 8. The number of hydrogen-bond acceptors (Lipinski definition) is 3. The molecule has 7 heteroatoms. The van der Waals surface area contributed by atoms with Crippen LogP contribution in [-0.4, -0.2) is 38.8 Å². The van der Waals surface area contributed by atoms with Crippen LogP contribution in [0.5, 0.6) is 0 Å². The van der Waals surface area contributed by atoms with Crippen molar-refractivity contribution >= 4 is 21.8 Å². The Morgan fingerprint density at radius 1 is 1.35 bits per heavy atom. The topological polar surface area (TPSA) is 69.7 Å². The Balaban J connectivity index is 1.99. The molecule has 0 radical (unpaired) electrons. The number of unbranched alkanes of at least 4 members (excludes halogenated alkanes) is 1. The summed E-state index contributed by atoms with van der Waals surface area (Å²) in [6, 6.07) is 7.47. The van der Waals surface area contributed by atoms with E-state index in [1.165, 1.54) is 4.31 Å². The molecule has 0 aliphatic carbocycles. The SMILES string of the molecule is CCCCN(C)S(=O)(=O)NCc1cccc(N2CCCC2=O)c1. The first-order valence-corrected chi connectivity index (χ1v) is 9.48. The first-order valence-electron chi connectivity index (χ1n) is 8.04. The van der Waals surface area contributed by atoms with E-state index in [4.69, 9.17) is 0 Å². The van der Waals surface area contributed by atoms with Crippen molar-refractivity contribution in [3.8, 4) is 0 Å². The molecule has 0 spiro atoms. The number of carbonyl (C=O) groups is 1. The van der Waals surface area contributed by atoms with Gasteiger partial charge in [-0.3, -0.25) is 4.79 Å². The Morgan fingerprint density at radius 2 is 2.13 bits per heavy atom. The summed E-state index contributed by atoms with van der Waals surface area (Å²) in [5.41, 5.74) is 1.68. The average molecular weight is 339 g/mol. The van der Waals surface area contributed by atoms with Crippen LogP contribution in [0.15, 0.2) is 24.3 Å². The number of nitrogens with zero attached hydrogens (tertiary/aromatic N) is 2. The van der Waals surface area contributed by atoms with Gasteiger partial charge < -0.3 is 4.90 Å². The first kappa shape index (κ1) is 17.9. The molecule has 0 bridgehead atoms. The smallest absolute Gasteiger partial charge is 0.279 e. The molecule has 1 fully saturated rings. The van der Waals surface area contributed by atoms with Crippen molar-refractivity contribution in [2.45, 2.75) is 39.2 Å². The molecule has 1 aliphatic rings. The summed E-state index contributed by atoms with van der Waals surface area (Å²) in [6.45, 7) is 3.48. The molecule has 1 saturated heterocycles. The third kappa shape index (κ3) is 4.76. The van der Waals surface area contributed by atoms with E-state index >= 15 is 0 Å². The normalized spacial score (nSPS) is 15.6. The standard InChI is InChI=1S/C16H25N3O3S/c1-3-4-10-18(2)23(21,22)17-13-14-7-5-8-15(12-14)19-11-6-9-16(19)20/h5,7-8,12,17H,3-4,6,9-11,13H2,1-2H3. The van der Waals surface area contributed by atoms with Gasteiger partial charge in [-0.25, -0.2) is 0 Å². The molecule has 1 N–H and O–H groups in total. The maximum atomic E-state index is 12.2. The molecule has 0 unspecified atom stereocenters. The first-order chi connectivity index (χ1) is 10.9. The van der Waals surface area contributed by atoms with E-state index in [2.05, 4.69) is 4.72 Å². The van der Waals surface area contributed by atoms with Gasteiger partial charge in [0, 0.05) is 38.8 Å². The van der Waals surface area contributed by atoms with E-state index < -0.39 is 10.2 Å². The van der Waals surface area contributed by atoms with E-state index in [9.17, 15) is 13.2 Å². The molecule has 6 nitrogen and oxygen atoms in total. The molecule has 1 aromatic carbocycles. The van der Waals surface area contributed by atoms with Gasteiger partial charge in [0.15, 0.2) is 0 Å². The van der Waals surface area contributed by atoms with Crippen LogP contribution in [0.25, 0.3) is 0 Å². The second-order valence-corrected chi connectivity index (χ2v) is 7.68. The molecule has 128 valence electrons. The van der Waals surface area contributed by atoms with Gasteiger partial charge in [-0.2, -0.15) is 17.4 Å². The molecule has 2 rings (SSSR count). The van der Waals surface area contributed by atoms with E-state index in [1.54, 1.807) is 11.9 Å². The van der Waals surface area contributed by atoms with Crippen LogP contribution in [-0.2, 0) is 21.5 Å². The Morgan fingerprint density at radius 3 is 2.78 bits per heavy atom. The molecule has 1 amide bonds. The summed E-state index contributed by atoms with van der Waals surface area (Å²) >= 11 is 0. The molecule has 0 atom stereocenters. The number of benzene rings is 1. The molecule has 1 heterocycles. The van der Waals surface area contributed by atoms with Gasteiger partial charge >= 0.3 is 0 Å². The predicted molar refractivity (Wildman–Crippen MR) is 91.3 cm³/mol. The van der Waals surface area contributed by atoms with Gasteiger partial charge in [0.2, 0.25) is 5.91 Å². The van der Waals surface area contributed by atoms with Crippen molar-refractivity contribution in [1.82, 2.24) is 9.03 Å². The highest BCUT2D eigenvalue weighted by Gasteiger charge is 2.22. The average Bonchev–Trinajstić information content (AvgIpc) is 2.97. The van der Waals surface area contributed by atoms with Crippen LogP contribution >= 0.6 is 0 Å². The summed E-state index contributed by atoms with van der Waals surface area (Å²) in [5.74, 6) is 0.127. The van der Waals surface area contributed by atoms with Crippen molar-refractivity contribution in [1.29, 1.82) is 0 Å². The summed E-state index contributed by atoms with van der Waals surface area (Å²) in [7, 11) is -1.89. The lowest BCUT2D eigenvalue weighted by Crippen LogP contribution is -2.38. The monoisotopic (exact) mass is 339 g/mol. The highest BCUT2D eigenvalue weighted by Crippen LogP contribution is 2.22. The largest absolute Gasteiger partial charge is 0.312 e. The Bertz CT molecular complexity index is 646. The molecule has 0 aromatic heterocycles. The molecular formula is C16H25N3O3S. The maximum absolute atomic E-state index is 12.2. The molecular weight excluding hydrogens is 314 g/mol. The minimum Gasteiger partial charge on any atom is -0.312 e. The second kappa shape index (κ2) is 7.90. The number of hydrogen-bond donors (Lipinski definition) is 1. The van der Waals surface area contributed by atoms with Gasteiger partial charge in [-0.15, -0.1) is 0 Å². The Kier molecular flexibility index (Phi) is 6.15. The van der Waals surface area contributed by atoms with Crippen molar-refractivity contribution in [3.05, 3.63) is 29.8 Å². The van der Waals surface area contributed by atoms with Gasteiger partial charge in [-0.05, 0) is 30.5 Å². The highest BCUT2D eigenvalue weighted by atomic mass is 32.2. The molecule has 23 heavy (non-hydrogen) atoms. The molecule has 0 saturated carbocycles. The van der Waals surface area contributed by atoms with Gasteiger partial charge in [0.05, 0.1) is 0 Å². The fourth-order valence-corrected chi connectivity index (χ4v) is 3.48. The third-order valence-electron chi connectivity index (χ3n) is 3.99. The van der Waals surface area contributed by atoms with E-state index in [0.717, 1.165) is 37.1 Å². The van der Waals surface area contributed by atoms with Gasteiger partial charge in [0.1, 0.15) is 0 Å². The second-order valence-electron chi connectivity index (χ2n) is 5.82. The summed E-state index contributed by atoms with van der Waals surface area (Å²) in [6.07, 6.45) is 3.24. The lowest BCUT2D eigenvalue weighted by atomic mass is 10.2. The lowest BCUT2D eigenvalue weighted by molar-refractivity contribution is -0.117. The lowest BCUT2D eigenvalue weighted by Gasteiger charge is -2.19. The zero-order chi connectivity index (χ0) is 16.9. The van der Waals surface area contributed by atoms with Crippen molar-refractivity contribution < 1.29 is 13.2 Å². The summed E-state index contributed by atoms with van der Waals surface area (Å²) < 4.78 is 28.3. The van der Waals surface area contributed by atoms with E-state index in [-0.39, 0.29) is 12.5 Å². The molecule has 1 aromatic rings. The quantitative estimate of drug-likeness (QED) is 0.786. The predicted octanol–water partition coefficient (Wildman–Crippen LogP) is 1.88. The van der Waals surface area contributed by atoms with Crippen molar-refractivity contribution in [3.63, 3.8) is 0 Å². The van der Waals surface area contributed by atoms with Gasteiger partial charge in [0.25, 0.3) is 10.2 Å². The van der Waals surface area contributed by atoms with Crippen molar-refractivity contribution in [2.24, 2.45) is 0 Å². The number of nitrogens with one attached hydrogen (secondary N) is 1. The molecule has 1 aliphatic heterocycles. The highest BCUT2D eigenvalue weighted by molar-refractivity contribution is 7.87. The Hall–Kier alpha value is -1.44. The van der Waals surface area contributed by atoms with Crippen LogP contribution in [0, 0.1) is 0 Å². The fraction of sp³-hybridized carbons (Fsp3) is 0.562. The van der Waals surface area contributed by atoms with E-state index in [0.29, 0.717) is 13.0 Å². The Labute approximate surface area is 138 Å². The van der Waals surface area contributed by atoms with Gasteiger partial charge in [-0.1, -0.05) is 25.5 Å². The van der Waals surface area contributed by atoms with Crippen LogP contribution in [0.4, 0.5) is 5.69 Å². The zero-order valence-corrected chi connectivity index (χ0v) is 14.6. The number of anilines is 1. The fourth-order valence-electron chi connectivity index (χ4n) is 2.54. The third-order valence-corrected chi connectivity index (χ3v) is 5.50. The van der Waals surface area contributed by atoms with Crippen LogP contribution in [0.3, 0.4) is 0 Å². The zero-order valence-electron chi connectivity index (χ0n) is 13.8. The number of amides is 1. The van der Waals surface area contributed by atoms with Crippen LogP contribution < -0.4 is 9.62 Å². The van der Waals surface area contributed by atoms with Crippen LogP contribution in [0.2, 0.25) is 0 Å². The number of carbonyl (C=O) groups excluding carboxylic acids is 1. The summed E-state index contributed by atoms with van der Waals surface area (Å²) in [5, 5.41) is 0. The maximum Gasteiger partial charge on any atom is 0.279 e. The minimum absolute atomic E-state index is 0.127. The summed E-state index contributed by atoms with van der Waals surface area (Å²) in [4.78, 5) is 13.6. The van der Waals surface area contributed by atoms with Crippen molar-refractivity contribution in [2.75, 3.05) is 25.0 Å². The van der Waals surface area contributed by atoms with E-state index in [1.807, 2.05) is 31.2 Å². The minimum atomic E-state index is -3.47.